The van der Waals surface area contributed by atoms with E-state index in [1.54, 1.807) is 17.7 Å². The molecule has 4 nitrogen and oxygen atoms in total. The maximum Gasteiger partial charge on any atom is 0.261 e. The maximum atomic E-state index is 12.6. The van der Waals surface area contributed by atoms with E-state index in [1.165, 1.54) is 0 Å². The van der Waals surface area contributed by atoms with Crippen molar-refractivity contribution < 1.29 is 4.74 Å². The van der Waals surface area contributed by atoms with Crippen molar-refractivity contribution in [2.45, 2.75) is 31.7 Å². The molecule has 1 unspecified atom stereocenters. The Hall–Kier alpha value is -1.39. The quantitative estimate of drug-likeness (QED) is 0.607. The van der Waals surface area contributed by atoms with Crippen molar-refractivity contribution in [2.75, 3.05) is 13.7 Å². The predicted molar refractivity (Wildman–Crippen MR) is 81.4 cm³/mol. The van der Waals surface area contributed by atoms with Crippen LogP contribution < -0.4 is 5.56 Å². The van der Waals surface area contributed by atoms with Crippen molar-refractivity contribution in [3.8, 4) is 0 Å². The Morgan fingerprint density at radius 2 is 2.15 bits per heavy atom. The third-order valence-corrected chi connectivity index (χ3v) is 3.76. The van der Waals surface area contributed by atoms with Crippen LogP contribution in [0.15, 0.2) is 29.1 Å². The Balaban J connectivity index is 2.55. The van der Waals surface area contributed by atoms with Crippen LogP contribution in [0.1, 0.15) is 31.0 Å². The van der Waals surface area contributed by atoms with Crippen LogP contribution in [0.4, 0.5) is 0 Å². The van der Waals surface area contributed by atoms with Crippen LogP contribution in [0, 0.1) is 0 Å². The Kier molecular flexibility index (Phi) is 5.15. The number of para-hydroxylation sites is 1. The van der Waals surface area contributed by atoms with E-state index in [1.807, 2.05) is 25.1 Å². The Labute approximate surface area is 123 Å². The number of hydrogen-bond acceptors (Lipinski definition) is 3. The normalized spacial score (nSPS) is 12.8. The summed E-state index contributed by atoms with van der Waals surface area (Å²) >= 11 is 6.33. The van der Waals surface area contributed by atoms with E-state index < -0.39 is 0 Å². The van der Waals surface area contributed by atoms with E-state index in [-0.39, 0.29) is 10.9 Å². The van der Waals surface area contributed by atoms with Gasteiger partial charge in [-0.2, -0.15) is 0 Å². The Morgan fingerprint density at radius 1 is 1.40 bits per heavy atom. The topological polar surface area (TPSA) is 44.1 Å². The van der Waals surface area contributed by atoms with Crippen LogP contribution in [-0.2, 0) is 11.3 Å². The van der Waals surface area contributed by atoms with Crippen LogP contribution in [0.25, 0.3) is 10.9 Å². The molecule has 0 amide bonds. The van der Waals surface area contributed by atoms with Crippen LogP contribution in [-0.4, -0.2) is 23.3 Å². The zero-order valence-corrected chi connectivity index (χ0v) is 12.6. The molecule has 0 spiro atoms. The molecule has 1 atom stereocenters. The number of hydrogen-bond donors (Lipinski definition) is 0. The lowest BCUT2D eigenvalue weighted by Gasteiger charge is -2.16. The van der Waals surface area contributed by atoms with Gasteiger partial charge in [0, 0.05) is 20.3 Å². The number of ether oxygens (including phenoxy) is 1. The molecule has 0 aliphatic rings. The van der Waals surface area contributed by atoms with Crippen molar-refractivity contribution in [2.24, 2.45) is 0 Å². The van der Waals surface area contributed by atoms with Gasteiger partial charge in [0.2, 0.25) is 0 Å². The number of methoxy groups -OCH3 is 1. The molecule has 1 heterocycles. The van der Waals surface area contributed by atoms with E-state index >= 15 is 0 Å². The number of fused-ring (bicyclic) bond motifs is 1. The van der Waals surface area contributed by atoms with Crippen LogP contribution >= 0.6 is 11.6 Å². The third-order valence-electron chi connectivity index (χ3n) is 3.26. The van der Waals surface area contributed by atoms with Gasteiger partial charge in [0.15, 0.2) is 0 Å². The van der Waals surface area contributed by atoms with Crippen molar-refractivity contribution in [3.63, 3.8) is 0 Å². The Morgan fingerprint density at radius 3 is 2.85 bits per heavy atom. The second-order valence-electron chi connectivity index (χ2n) is 4.67. The van der Waals surface area contributed by atoms with Gasteiger partial charge in [-0.1, -0.05) is 19.1 Å². The van der Waals surface area contributed by atoms with Gasteiger partial charge in [-0.15, -0.1) is 11.6 Å². The van der Waals surface area contributed by atoms with Crippen LogP contribution in [0.2, 0.25) is 0 Å². The van der Waals surface area contributed by atoms with Crippen LogP contribution in [0.3, 0.4) is 0 Å². The second-order valence-corrected chi connectivity index (χ2v) is 5.19. The first kappa shape index (κ1) is 15.0. The summed E-state index contributed by atoms with van der Waals surface area (Å²) < 4.78 is 6.73. The highest BCUT2D eigenvalue weighted by molar-refractivity contribution is 6.20. The molecule has 108 valence electrons. The van der Waals surface area contributed by atoms with Gasteiger partial charge in [-0.05, 0) is 25.0 Å². The van der Waals surface area contributed by atoms with Gasteiger partial charge in [-0.3, -0.25) is 9.36 Å². The molecule has 0 N–H and O–H groups in total. The maximum absolute atomic E-state index is 12.6. The van der Waals surface area contributed by atoms with Gasteiger partial charge >= 0.3 is 0 Å². The van der Waals surface area contributed by atoms with Gasteiger partial charge in [-0.25, -0.2) is 4.98 Å². The zero-order valence-electron chi connectivity index (χ0n) is 11.8. The van der Waals surface area contributed by atoms with Gasteiger partial charge in [0.25, 0.3) is 5.56 Å². The highest BCUT2D eigenvalue weighted by Crippen LogP contribution is 2.22. The predicted octanol–water partition coefficient (Wildman–Crippen LogP) is 3.12. The van der Waals surface area contributed by atoms with Crippen molar-refractivity contribution in [1.29, 1.82) is 0 Å². The molecular formula is C15H19ClN2O2. The molecule has 0 aliphatic carbocycles. The molecule has 0 saturated carbocycles. The number of halogens is 1. The molecule has 0 aliphatic heterocycles. The number of alkyl halides is 1. The summed E-state index contributed by atoms with van der Waals surface area (Å²) in [6.07, 6.45) is 1.49. The lowest BCUT2D eigenvalue weighted by Crippen LogP contribution is -2.26. The molecule has 1 aromatic heterocycles. The molecule has 0 saturated heterocycles. The van der Waals surface area contributed by atoms with E-state index in [2.05, 4.69) is 4.98 Å². The number of benzene rings is 1. The minimum absolute atomic E-state index is 0.0270. The SMILES string of the molecule is CCC(Cl)c1nc2ccccc2c(=O)n1CCCOC. The molecule has 0 radical (unpaired) electrons. The van der Waals surface area contributed by atoms with E-state index in [9.17, 15) is 4.79 Å². The summed E-state index contributed by atoms with van der Waals surface area (Å²) in [4.78, 5) is 17.2. The summed E-state index contributed by atoms with van der Waals surface area (Å²) in [7, 11) is 1.65. The molecule has 0 bridgehead atoms. The molecule has 5 heteroatoms. The lowest BCUT2D eigenvalue weighted by atomic mass is 10.2. The van der Waals surface area contributed by atoms with Crippen LogP contribution in [0.5, 0.6) is 0 Å². The number of nitrogens with zero attached hydrogens (tertiary/aromatic N) is 2. The second kappa shape index (κ2) is 6.86. The fourth-order valence-corrected chi connectivity index (χ4v) is 2.36. The van der Waals surface area contributed by atoms with Crippen molar-refractivity contribution >= 4 is 22.5 Å². The van der Waals surface area contributed by atoms with Crippen molar-refractivity contribution in [1.82, 2.24) is 9.55 Å². The summed E-state index contributed by atoms with van der Waals surface area (Å²) in [6, 6.07) is 7.38. The molecular weight excluding hydrogens is 276 g/mol. The summed E-state index contributed by atoms with van der Waals surface area (Å²) in [5.41, 5.74) is 0.676. The fourth-order valence-electron chi connectivity index (χ4n) is 2.19. The molecule has 1 aromatic carbocycles. The molecule has 0 fully saturated rings. The van der Waals surface area contributed by atoms with E-state index in [0.29, 0.717) is 29.9 Å². The summed E-state index contributed by atoms with van der Waals surface area (Å²) in [5.74, 6) is 0.647. The fraction of sp³-hybridized carbons (Fsp3) is 0.467. The van der Waals surface area contributed by atoms with Gasteiger partial charge in [0.05, 0.1) is 16.3 Å². The molecule has 20 heavy (non-hydrogen) atoms. The first-order valence-electron chi connectivity index (χ1n) is 6.81. The Bertz CT molecular complexity index is 639. The van der Waals surface area contributed by atoms with Gasteiger partial charge < -0.3 is 4.74 Å². The highest BCUT2D eigenvalue weighted by atomic mass is 35.5. The monoisotopic (exact) mass is 294 g/mol. The van der Waals surface area contributed by atoms with E-state index in [4.69, 9.17) is 16.3 Å². The average Bonchev–Trinajstić information content (AvgIpc) is 2.48. The van der Waals surface area contributed by atoms with Gasteiger partial charge in [0.1, 0.15) is 5.82 Å². The zero-order chi connectivity index (χ0) is 14.5. The van der Waals surface area contributed by atoms with E-state index in [0.717, 1.165) is 12.8 Å². The first-order valence-corrected chi connectivity index (χ1v) is 7.25. The molecule has 2 rings (SSSR count). The number of rotatable bonds is 6. The average molecular weight is 295 g/mol. The summed E-state index contributed by atoms with van der Waals surface area (Å²) in [6.45, 7) is 3.17. The minimum atomic E-state index is -0.255. The van der Waals surface area contributed by atoms with Crippen molar-refractivity contribution in [3.05, 3.63) is 40.4 Å². The standard InChI is InChI=1S/C15H19ClN2O2/c1-3-12(16)14-17-13-8-5-4-7-11(13)15(19)18(14)9-6-10-20-2/h4-5,7-8,12H,3,6,9-10H2,1-2H3. The lowest BCUT2D eigenvalue weighted by molar-refractivity contribution is 0.189. The first-order chi connectivity index (χ1) is 9.69. The minimum Gasteiger partial charge on any atom is -0.385 e. The highest BCUT2D eigenvalue weighted by Gasteiger charge is 2.16. The number of aromatic nitrogens is 2. The smallest absolute Gasteiger partial charge is 0.261 e. The molecule has 2 aromatic rings. The third kappa shape index (κ3) is 3.02. The summed E-state index contributed by atoms with van der Waals surface area (Å²) in [5, 5.41) is 0.378. The largest absolute Gasteiger partial charge is 0.385 e.